The molecule has 0 spiro atoms. The van der Waals surface area contributed by atoms with E-state index >= 15 is 0 Å². The van der Waals surface area contributed by atoms with Crippen LogP contribution in [0.25, 0.3) is 11.0 Å². The molecule has 0 fully saturated rings. The molecule has 0 saturated heterocycles. The maximum absolute atomic E-state index is 13.1. The van der Waals surface area contributed by atoms with Crippen molar-refractivity contribution < 1.29 is 28.2 Å². The average Bonchev–Trinajstić information content (AvgIpc) is 3.15. The van der Waals surface area contributed by atoms with Crippen molar-refractivity contribution in [1.82, 2.24) is 4.90 Å². The number of benzene rings is 2. The summed E-state index contributed by atoms with van der Waals surface area (Å²) in [7, 11) is 4.34. The van der Waals surface area contributed by atoms with Gasteiger partial charge in [0.15, 0.2) is 5.76 Å². The van der Waals surface area contributed by atoms with Gasteiger partial charge in [-0.1, -0.05) is 11.6 Å². The summed E-state index contributed by atoms with van der Waals surface area (Å²) < 4.78 is 20.9. The Morgan fingerprint density at radius 2 is 1.69 bits per heavy atom. The van der Waals surface area contributed by atoms with Gasteiger partial charge < -0.3 is 23.5 Å². The minimum absolute atomic E-state index is 0.0982. The van der Waals surface area contributed by atoms with E-state index in [4.69, 9.17) is 30.2 Å². The lowest BCUT2D eigenvalue weighted by molar-refractivity contribution is -0.141. The molecule has 1 amide bonds. The van der Waals surface area contributed by atoms with Crippen LogP contribution < -0.4 is 9.47 Å². The fraction of sp³-hybridized carbons (Fsp3) is 0.238. The maximum atomic E-state index is 13.1. The van der Waals surface area contributed by atoms with Crippen LogP contribution in [0.15, 0.2) is 46.9 Å². The predicted molar refractivity (Wildman–Crippen MR) is 108 cm³/mol. The molecule has 0 unspecified atom stereocenters. The Hall–Kier alpha value is -3.19. The summed E-state index contributed by atoms with van der Waals surface area (Å²) in [5.41, 5.74) is 1.25. The summed E-state index contributed by atoms with van der Waals surface area (Å²) in [6, 6.07) is 11.9. The SMILES string of the molecule is COC(=O)CN(Cc1cc(OC)cc(OC)c1)C(=O)c1cc2cc(Cl)ccc2o1. The minimum Gasteiger partial charge on any atom is -0.497 e. The third-order valence-electron chi connectivity index (χ3n) is 4.31. The Morgan fingerprint density at radius 1 is 1.00 bits per heavy atom. The van der Waals surface area contributed by atoms with Gasteiger partial charge in [-0.3, -0.25) is 9.59 Å². The van der Waals surface area contributed by atoms with Crippen LogP contribution in [-0.4, -0.2) is 44.7 Å². The van der Waals surface area contributed by atoms with Gasteiger partial charge in [0.05, 0.1) is 21.3 Å². The highest BCUT2D eigenvalue weighted by molar-refractivity contribution is 6.31. The molecule has 1 aromatic heterocycles. The third kappa shape index (κ3) is 4.81. The van der Waals surface area contributed by atoms with Crippen molar-refractivity contribution >= 4 is 34.4 Å². The van der Waals surface area contributed by atoms with Crippen LogP contribution in [0.2, 0.25) is 5.02 Å². The van der Waals surface area contributed by atoms with Crippen molar-refractivity contribution in [2.24, 2.45) is 0 Å². The lowest BCUT2D eigenvalue weighted by atomic mass is 10.1. The Morgan fingerprint density at radius 3 is 2.31 bits per heavy atom. The third-order valence-corrected chi connectivity index (χ3v) is 4.54. The van der Waals surface area contributed by atoms with Gasteiger partial charge in [0.2, 0.25) is 0 Å². The van der Waals surface area contributed by atoms with Crippen molar-refractivity contribution in [3.8, 4) is 11.5 Å². The Bertz CT molecular complexity index is 1020. The molecule has 2 aromatic carbocycles. The van der Waals surface area contributed by atoms with Crippen molar-refractivity contribution in [2.45, 2.75) is 6.54 Å². The van der Waals surface area contributed by atoms with Gasteiger partial charge in [0, 0.05) is 23.0 Å². The molecule has 0 saturated carbocycles. The van der Waals surface area contributed by atoms with Gasteiger partial charge in [0.25, 0.3) is 5.91 Å². The molecule has 8 heteroatoms. The van der Waals surface area contributed by atoms with Crippen molar-refractivity contribution in [1.29, 1.82) is 0 Å². The number of carbonyl (C=O) groups is 2. The molecule has 0 N–H and O–H groups in total. The zero-order valence-electron chi connectivity index (χ0n) is 16.2. The number of hydrogen-bond donors (Lipinski definition) is 0. The standard InChI is InChI=1S/C21H20ClNO6/c1-26-16-6-13(7-17(10-16)27-2)11-23(12-20(24)28-3)21(25)19-9-14-8-15(22)4-5-18(14)29-19/h4-10H,11-12H2,1-3H3. The molecule has 29 heavy (non-hydrogen) atoms. The molecule has 3 aromatic rings. The average molecular weight is 418 g/mol. The first-order chi connectivity index (χ1) is 13.9. The lowest BCUT2D eigenvalue weighted by Crippen LogP contribution is -2.35. The molecule has 3 rings (SSSR count). The molecule has 1 heterocycles. The number of esters is 1. The van der Waals surface area contributed by atoms with Crippen LogP contribution >= 0.6 is 11.6 Å². The monoisotopic (exact) mass is 417 g/mol. The van der Waals surface area contributed by atoms with Gasteiger partial charge in [-0.25, -0.2) is 0 Å². The van der Waals surface area contributed by atoms with Crippen molar-refractivity contribution in [3.63, 3.8) is 0 Å². The molecule has 0 aliphatic rings. The number of ether oxygens (including phenoxy) is 3. The number of methoxy groups -OCH3 is 3. The molecule has 7 nitrogen and oxygen atoms in total. The number of amides is 1. The van der Waals surface area contributed by atoms with Gasteiger partial charge in [0.1, 0.15) is 23.6 Å². The summed E-state index contributed by atoms with van der Waals surface area (Å²) in [4.78, 5) is 26.3. The zero-order valence-corrected chi connectivity index (χ0v) is 17.0. The quantitative estimate of drug-likeness (QED) is 0.542. The number of rotatable bonds is 7. The van der Waals surface area contributed by atoms with E-state index in [-0.39, 0.29) is 18.8 Å². The molecule has 152 valence electrons. The topological polar surface area (TPSA) is 78.2 Å². The maximum Gasteiger partial charge on any atom is 0.325 e. The van der Waals surface area contributed by atoms with Gasteiger partial charge in [-0.15, -0.1) is 0 Å². The largest absolute Gasteiger partial charge is 0.497 e. The van der Waals surface area contributed by atoms with Crippen LogP contribution in [-0.2, 0) is 16.1 Å². The van der Waals surface area contributed by atoms with Crippen LogP contribution in [0.5, 0.6) is 11.5 Å². The van der Waals surface area contributed by atoms with E-state index in [9.17, 15) is 9.59 Å². The predicted octanol–water partition coefficient (Wildman–Crippen LogP) is 3.92. The number of fused-ring (bicyclic) bond motifs is 1. The van der Waals surface area contributed by atoms with E-state index in [0.29, 0.717) is 27.5 Å². The highest BCUT2D eigenvalue weighted by Gasteiger charge is 2.23. The fourth-order valence-electron chi connectivity index (χ4n) is 2.87. The molecule has 0 aliphatic carbocycles. The number of halogens is 1. The van der Waals surface area contributed by atoms with E-state index in [2.05, 4.69) is 0 Å². The molecular weight excluding hydrogens is 398 g/mol. The number of hydrogen-bond acceptors (Lipinski definition) is 6. The summed E-state index contributed by atoms with van der Waals surface area (Å²) in [5.74, 6) is 0.240. The second kappa shape index (κ2) is 8.87. The second-order valence-electron chi connectivity index (χ2n) is 6.25. The Balaban J connectivity index is 1.93. The highest BCUT2D eigenvalue weighted by Crippen LogP contribution is 2.26. The van der Waals surface area contributed by atoms with Gasteiger partial charge >= 0.3 is 5.97 Å². The highest BCUT2D eigenvalue weighted by atomic mass is 35.5. The normalized spacial score (nSPS) is 10.6. The fourth-order valence-corrected chi connectivity index (χ4v) is 3.05. The summed E-state index contributed by atoms with van der Waals surface area (Å²) in [5, 5.41) is 1.23. The first-order valence-corrected chi connectivity index (χ1v) is 9.08. The van der Waals surface area contributed by atoms with Crippen molar-refractivity contribution in [3.05, 3.63) is 58.8 Å². The summed E-state index contributed by atoms with van der Waals surface area (Å²) in [6.07, 6.45) is 0. The first kappa shape index (κ1) is 20.5. The van der Waals surface area contributed by atoms with E-state index in [0.717, 1.165) is 5.56 Å². The lowest BCUT2D eigenvalue weighted by Gasteiger charge is -2.21. The Kier molecular flexibility index (Phi) is 6.29. The molecule has 0 aliphatic heterocycles. The van der Waals surface area contributed by atoms with E-state index in [1.807, 2.05) is 0 Å². The number of furan rings is 1. The van der Waals surface area contributed by atoms with Crippen molar-refractivity contribution in [2.75, 3.05) is 27.9 Å². The van der Waals surface area contributed by atoms with Crippen LogP contribution in [0.1, 0.15) is 16.1 Å². The van der Waals surface area contributed by atoms with Crippen LogP contribution in [0.4, 0.5) is 0 Å². The van der Waals surface area contributed by atoms with E-state index in [1.165, 1.54) is 26.2 Å². The minimum atomic E-state index is -0.549. The van der Waals surface area contributed by atoms with E-state index in [1.54, 1.807) is 42.5 Å². The summed E-state index contributed by atoms with van der Waals surface area (Å²) >= 11 is 6.00. The zero-order chi connectivity index (χ0) is 21.0. The molecule has 0 atom stereocenters. The van der Waals surface area contributed by atoms with Gasteiger partial charge in [-0.2, -0.15) is 0 Å². The molecule has 0 bridgehead atoms. The first-order valence-electron chi connectivity index (χ1n) is 8.70. The second-order valence-corrected chi connectivity index (χ2v) is 6.69. The number of nitrogens with zero attached hydrogens (tertiary/aromatic N) is 1. The smallest absolute Gasteiger partial charge is 0.325 e. The van der Waals surface area contributed by atoms with Crippen LogP contribution in [0, 0.1) is 0 Å². The summed E-state index contributed by atoms with van der Waals surface area (Å²) in [6.45, 7) is -0.119. The van der Waals surface area contributed by atoms with E-state index < -0.39 is 11.9 Å². The molecular formula is C21H20ClNO6. The Labute approximate surface area is 172 Å². The van der Waals surface area contributed by atoms with Crippen LogP contribution in [0.3, 0.4) is 0 Å². The number of carbonyl (C=O) groups excluding carboxylic acids is 2. The van der Waals surface area contributed by atoms with Gasteiger partial charge in [-0.05, 0) is 42.0 Å². The molecule has 0 radical (unpaired) electrons.